The molecule has 41 heavy (non-hydrogen) atoms. The Morgan fingerprint density at radius 1 is 0.585 bits per heavy atom. The van der Waals surface area contributed by atoms with Crippen molar-refractivity contribution in [2.45, 2.75) is 97.3 Å². The van der Waals surface area contributed by atoms with Crippen LogP contribution in [0.25, 0.3) is 11.1 Å². The highest BCUT2D eigenvalue weighted by atomic mass is 19.2. The molecule has 0 amide bonds. The summed E-state index contributed by atoms with van der Waals surface area (Å²) in [5.74, 6) is -0.565. The molecule has 0 aliphatic heterocycles. The van der Waals surface area contributed by atoms with Crippen LogP contribution in [0.3, 0.4) is 0 Å². The fourth-order valence-corrected chi connectivity index (χ4v) is 8.10. The lowest BCUT2D eigenvalue weighted by Crippen LogP contribution is -2.35. The fraction of sp³-hybridized carbons (Fsp3) is 0.657. The number of halogens is 4. The van der Waals surface area contributed by atoms with E-state index in [1.54, 1.807) is 6.92 Å². The summed E-state index contributed by atoms with van der Waals surface area (Å²) >= 11 is 0. The molecule has 0 bridgehead atoms. The molecule has 3 aliphatic rings. The van der Waals surface area contributed by atoms with Gasteiger partial charge < -0.3 is 9.47 Å². The van der Waals surface area contributed by atoms with Crippen molar-refractivity contribution < 1.29 is 27.0 Å². The first kappa shape index (κ1) is 30.2. The van der Waals surface area contributed by atoms with Gasteiger partial charge in [-0.15, -0.1) is 0 Å². The van der Waals surface area contributed by atoms with Gasteiger partial charge in [-0.25, -0.2) is 8.78 Å². The molecule has 0 heterocycles. The third-order valence-electron chi connectivity index (χ3n) is 10.4. The first-order valence-electron chi connectivity index (χ1n) is 16.1. The monoisotopic (exact) mass is 574 g/mol. The van der Waals surface area contributed by atoms with E-state index in [9.17, 15) is 17.6 Å². The van der Waals surface area contributed by atoms with E-state index in [-0.39, 0.29) is 29.2 Å². The van der Waals surface area contributed by atoms with E-state index in [0.717, 1.165) is 42.4 Å². The zero-order chi connectivity index (χ0) is 28.9. The number of hydrogen-bond acceptors (Lipinski definition) is 2. The highest BCUT2D eigenvalue weighted by Crippen LogP contribution is 2.49. The Balaban J connectivity index is 1.11. The van der Waals surface area contributed by atoms with Crippen molar-refractivity contribution in [2.24, 2.45) is 35.5 Å². The Morgan fingerprint density at radius 3 is 1.71 bits per heavy atom. The van der Waals surface area contributed by atoms with Crippen LogP contribution in [0.5, 0.6) is 11.5 Å². The molecule has 3 saturated carbocycles. The molecule has 3 fully saturated rings. The smallest absolute Gasteiger partial charge is 0.201 e. The molecule has 2 aromatic carbocycles. The van der Waals surface area contributed by atoms with Crippen LogP contribution >= 0.6 is 0 Å². The van der Waals surface area contributed by atoms with Crippen LogP contribution in [0.2, 0.25) is 0 Å². The predicted octanol–water partition coefficient (Wildman–Crippen LogP) is 10.5. The maximum Gasteiger partial charge on any atom is 0.201 e. The molecule has 0 N–H and O–H groups in total. The SMILES string of the molecule is CCCCC1CCC2CC(C3CCC(COc4ccc(-c5ccc(OCC)c(F)c5F)c(F)c4F)CC3)CCC2C1. The molecule has 5 rings (SSSR count). The minimum Gasteiger partial charge on any atom is -0.491 e. The van der Waals surface area contributed by atoms with E-state index in [0.29, 0.717) is 12.5 Å². The van der Waals surface area contributed by atoms with Crippen LogP contribution < -0.4 is 9.47 Å². The molecule has 6 heteroatoms. The van der Waals surface area contributed by atoms with Crippen molar-refractivity contribution in [1.29, 1.82) is 0 Å². The summed E-state index contributed by atoms with van der Waals surface area (Å²) in [7, 11) is 0. The number of benzene rings is 2. The first-order chi connectivity index (χ1) is 19.9. The van der Waals surface area contributed by atoms with Gasteiger partial charge in [0.25, 0.3) is 0 Å². The maximum atomic E-state index is 14.9. The second kappa shape index (κ2) is 13.8. The Kier molecular flexibility index (Phi) is 10.2. The van der Waals surface area contributed by atoms with Crippen LogP contribution in [0, 0.1) is 58.8 Å². The summed E-state index contributed by atoms with van der Waals surface area (Å²) in [5, 5.41) is 0. The van der Waals surface area contributed by atoms with E-state index >= 15 is 0 Å². The number of unbranched alkanes of at least 4 members (excludes halogenated alkanes) is 1. The van der Waals surface area contributed by atoms with Crippen molar-refractivity contribution in [1.82, 2.24) is 0 Å². The molecular weight excluding hydrogens is 528 g/mol. The van der Waals surface area contributed by atoms with E-state index in [2.05, 4.69) is 6.92 Å². The van der Waals surface area contributed by atoms with Gasteiger partial charge >= 0.3 is 0 Å². The normalized spacial score (nSPS) is 28.2. The quantitative estimate of drug-likeness (QED) is 0.263. The summed E-state index contributed by atoms with van der Waals surface area (Å²) in [5.41, 5.74) is -0.704. The van der Waals surface area contributed by atoms with Crippen LogP contribution in [0.15, 0.2) is 24.3 Å². The first-order valence-corrected chi connectivity index (χ1v) is 16.1. The molecule has 226 valence electrons. The van der Waals surface area contributed by atoms with Crippen molar-refractivity contribution >= 4 is 0 Å². The van der Waals surface area contributed by atoms with E-state index < -0.39 is 23.3 Å². The zero-order valence-electron chi connectivity index (χ0n) is 24.7. The maximum absolute atomic E-state index is 14.9. The van der Waals surface area contributed by atoms with Gasteiger partial charge in [0.1, 0.15) is 0 Å². The van der Waals surface area contributed by atoms with E-state index in [1.165, 1.54) is 94.9 Å². The minimum absolute atomic E-state index is 0.160. The second-order valence-electron chi connectivity index (χ2n) is 12.9. The van der Waals surface area contributed by atoms with Gasteiger partial charge in [-0.1, -0.05) is 32.6 Å². The Bertz CT molecular complexity index is 1160. The lowest BCUT2D eigenvalue weighted by molar-refractivity contribution is 0.0542. The third-order valence-corrected chi connectivity index (χ3v) is 10.4. The minimum atomic E-state index is -1.27. The average Bonchev–Trinajstić information content (AvgIpc) is 2.99. The molecule has 0 aromatic heterocycles. The largest absolute Gasteiger partial charge is 0.491 e. The lowest BCUT2D eigenvalue weighted by Gasteiger charge is -2.45. The van der Waals surface area contributed by atoms with Gasteiger partial charge in [-0.3, -0.25) is 0 Å². The van der Waals surface area contributed by atoms with Crippen LogP contribution in [0.4, 0.5) is 17.6 Å². The lowest BCUT2D eigenvalue weighted by atomic mass is 9.60. The Labute approximate surface area is 243 Å². The van der Waals surface area contributed by atoms with Crippen molar-refractivity contribution in [3.8, 4) is 22.6 Å². The van der Waals surface area contributed by atoms with Crippen LogP contribution in [-0.2, 0) is 0 Å². The van der Waals surface area contributed by atoms with Crippen LogP contribution in [0.1, 0.15) is 97.3 Å². The summed E-state index contributed by atoms with van der Waals surface area (Å²) < 4.78 is 69.6. The summed E-state index contributed by atoms with van der Waals surface area (Å²) in [6, 6.07) is 4.98. The van der Waals surface area contributed by atoms with Crippen molar-refractivity contribution in [3.63, 3.8) is 0 Å². The number of rotatable bonds is 10. The molecule has 0 spiro atoms. The predicted molar refractivity (Wildman–Crippen MR) is 155 cm³/mol. The molecule has 4 unspecified atom stereocenters. The molecule has 0 radical (unpaired) electrons. The molecule has 4 atom stereocenters. The van der Waals surface area contributed by atoms with Gasteiger partial charge in [-0.2, -0.15) is 8.78 Å². The molecule has 2 nitrogen and oxygen atoms in total. The standard InChI is InChI=1S/C35H46F4O2/c1-3-5-6-22-7-12-27-20-26(14-13-25(27)19-22)24-10-8-23(9-11-24)21-41-31-18-16-29(33(37)35(31)39)28-15-17-30(40-4-2)34(38)32(28)36/h15-18,22-27H,3-14,19-21H2,1-2H3. The average molecular weight is 575 g/mol. The summed E-state index contributed by atoms with van der Waals surface area (Å²) in [4.78, 5) is 0. The van der Waals surface area contributed by atoms with Gasteiger partial charge in [0, 0.05) is 11.1 Å². The number of fused-ring (bicyclic) bond motifs is 1. The Morgan fingerprint density at radius 2 is 1.10 bits per heavy atom. The topological polar surface area (TPSA) is 18.5 Å². The van der Waals surface area contributed by atoms with Crippen LogP contribution in [-0.4, -0.2) is 13.2 Å². The second-order valence-corrected chi connectivity index (χ2v) is 12.9. The number of hydrogen-bond donors (Lipinski definition) is 0. The summed E-state index contributed by atoms with van der Waals surface area (Å²) in [6.07, 6.45) is 17.1. The van der Waals surface area contributed by atoms with Gasteiger partial charge in [0.05, 0.1) is 13.2 Å². The zero-order valence-corrected chi connectivity index (χ0v) is 24.7. The molecule has 3 aliphatic carbocycles. The van der Waals surface area contributed by atoms with Crippen molar-refractivity contribution in [2.75, 3.05) is 13.2 Å². The number of ether oxygens (including phenoxy) is 2. The Hall–Kier alpha value is -2.24. The highest BCUT2D eigenvalue weighted by molar-refractivity contribution is 5.67. The van der Waals surface area contributed by atoms with Gasteiger partial charge in [0.2, 0.25) is 11.6 Å². The van der Waals surface area contributed by atoms with Gasteiger partial charge in [0.15, 0.2) is 23.1 Å². The molecule has 2 aromatic rings. The van der Waals surface area contributed by atoms with Crippen molar-refractivity contribution in [3.05, 3.63) is 47.5 Å². The molecular formula is C35H46F4O2. The van der Waals surface area contributed by atoms with Gasteiger partial charge in [-0.05, 0) is 124 Å². The van der Waals surface area contributed by atoms with E-state index in [1.807, 2.05) is 0 Å². The van der Waals surface area contributed by atoms with E-state index in [4.69, 9.17) is 9.47 Å². The third kappa shape index (κ3) is 6.88. The fourth-order valence-electron chi connectivity index (χ4n) is 8.10. The summed E-state index contributed by atoms with van der Waals surface area (Å²) in [6.45, 7) is 4.44. The molecule has 0 saturated heterocycles. The highest BCUT2D eigenvalue weighted by Gasteiger charge is 2.38.